The number of hydrogen-bond acceptors (Lipinski definition) is 3. The van der Waals surface area contributed by atoms with E-state index in [2.05, 4.69) is 10.2 Å². The van der Waals surface area contributed by atoms with Crippen LogP contribution in [0.3, 0.4) is 0 Å². The molecule has 3 nitrogen and oxygen atoms in total. The monoisotopic (exact) mass is 299 g/mol. The van der Waals surface area contributed by atoms with Crippen LogP contribution in [-0.4, -0.2) is 45.2 Å². The number of benzene rings is 1. The van der Waals surface area contributed by atoms with Crippen molar-refractivity contribution in [3.8, 4) is 0 Å². The lowest BCUT2D eigenvalue weighted by molar-refractivity contribution is 0.400. The number of hydrogen-bond donors (Lipinski definition) is 1. The first-order valence-electron chi connectivity index (χ1n) is 7.57. The van der Waals surface area contributed by atoms with Gasteiger partial charge in [0, 0.05) is 19.6 Å². The van der Waals surface area contributed by atoms with Crippen LogP contribution in [0, 0.1) is 11.6 Å². The van der Waals surface area contributed by atoms with Crippen LogP contribution in [0.15, 0.2) is 12.1 Å². The zero-order valence-electron chi connectivity index (χ0n) is 13.5. The van der Waals surface area contributed by atoms with Crippen molar-refractivity contribution < 1.29 is 8.78 Å². The van der Waals surface area contributed by atoms with Crippen molar-refractivity contribution in [2.45, 2.75) is 26.8 Å². The third-order valence-electron chi connectivity index (χ3n) is 3.39. The summed E-state index contributed by atoms with van der Waals surface area (Å²) in [5.41, 5.74) is 0.733. The number of rotatable bonds is 9. The molecule has 1 rings (SSSR count). The molecule has 0 heterocycles. The van der Waals surface area contributed by atoms with E-state index in [9.17, 15) is 8.78 Å². The molecule has 0 aliphatic carbocycles. The summed E-state index contributed by atoms with van der Waals surface area (Å²) >= 11 is 0. The zero-order valence-corrected chi connectivity index (χ0v) is 13.5. The van der Waals surface area contributed by atoms with Gasteiger partial charge in [0.15, 0.2) is 0 Å². The van der Waals surface area contributed by atoms with E-state index >= 15 is 0 Å². The van der Waals surface area contributed by atoms with Crippen molar-refractivity contribution in [2.75, 3.05) is 45.2 Å². The molecule has 0 aliphatic heterocycles. The van der Waals surface area contributed by atoms with E-state index in [-0.39, 0.29) is 5.69 Å². The molecule has 0 amide bonds. The summed E-state index contributed by atoms with van der Waals surface area (Å²) in [6, 6.07) is 2.85. The van der Waals surface area contributed by atoms with Crippen molar-refractivity contribution in [1.29, 1.82) is 0 Å². The lowest BCUT2D eigenvalue weighted by atomic mass is 10.1. The van der Waals surface area contributed by atoms with Crippen molar-refractivity contribution in [3.05, 3.63) is 29.3 Å². The minimum Gasteiger partial charge on any atom is -0.367 e. The Morgan fingerprint density at radius 2 is 1.67 bits per heavy atom. The molecule has 0 bridgehead atoms. The minimum atomic E-state index is -0.477. The fourth-order valence-electron chi connectivity index (χ4n) is 2.30. The third-order valence-corrected chi connectivity index (χ3v) is 3.39. The predicted octanol–water partition coefficient (Wildman–Crippen LogP) is 2.85. The van der Waals surface area contributed by atoms with Crippen molar-refractivity contribution in [1.82, 2.24) is 10.2 Å². The fraction of sp³-hybridized carbons (Fsp3) is 0.625. The standard InChI is InChI=1S/C16H27F2N3/c1-5-19-12-13-10-14(17)16(15(18)11-13)21(6-2)9-7-8-20(3)4/h10-11,19H,5-9,12H2,1-4H3. The Morgan fingerprint density at radius 1 is 1.05 bits per heavy atom. The van der Waals surface area contributed by atoms with Gasteiger partial charge in [-0.2, -0.15) is 0 Å². The van der Waals surface area contributed by atoms with Gasteiger partial charge in [-0.1, -0.05) is 6.92 Å². The second-order valence-corrected chi connectivity index (χ2v) is 5.42. The topological polar surface area (TPSA) is 18.5 Å². The Kier molecular flexibility index (Phi) is 7.61. The maximum absolute atomic E-state index is 14.2. The van der Waals surface area contributed by atoms with Crippen LogP contribution >= 0.6 is 0 Å². The minimum absolute atomic E-state index is 0.0940. The maximum Gasteiger partial charge on any atom is 0.149 e. The molecule has 0 aliphatic rings. The second-order valence-electron chi connectivity index (χ2n) is 5.42. The van der Waals surface area contributed by atoms with E-state index in [1.54, 1.807) is 4.90 Å². The normalized spacial score (nSPS) is 11.2. The van der Waals surface area contributed by atoms with Crippen LogP contribution < -0.4 is 10.2 Å². The molecule has 5 heteroatoms. The summed E-state index contributed by atoms with van der Waals surface area (Å²) in [5.74, 6) is -0.954. The smallest absolute Gasteiger partial charge is 0.149 e. The van der Waals surface area contributed by atoms with Crippen LogP contribution in [0.1, 0.15) is 25.8 Å². The molecule has 21 heavy (non-hydrogen) atoms. The largest absolute Gasteiger partial charge is 0.367 e. The Labute approximate surface area is 126 Å². The van der Waals surface area contributed by atoms with Gasteiger partial charge in [0.05, 0.1) is 0 Å². The van der Waals surface area contributed by atoms with E-state index < -0.39 is 11.6 Å². The summed E-state index contributed by atoms with van der Waals surface area (Å²) in [6.07, 6.45) is 0.874. The first-order valence-corrected chi connectivity index (χ1v) is 7.57. The van der Waals surface area contributed by atoms with Crippen molar-refractivity contribution in [3.63, 3.8) is 0 Å². The van der Waals surface area contributed by atoms with Gasteiger partial charge in [0.2, 0.25) is 0 Å². The van der Waals surface area contributed by atoms with Gasteiger partial charge in [-0.3, -0.25) is 0 Å². The van der Waals surface area contributed by atoms with E-state index in [1.807, 2.05) is 27.9 Å². The summed E-state index contributed by atoms with van der Waals surface area (Å²) in [7, 11) is 3.99. The summed E-state index contributed by atoms with van der Waals surface area (Å²) < 4.78 is 28.5. The van der Waals surface area contributed by atoms with Crippen LogP contribution in [0.25, 0.3) is 0 Å². The van der Waals surface area contributed by atoms with Crippen LogP contribution in [0.2, 0.25) is 0 Å². The average Bonchev–Trinajstić information content (AvgIpc) is 2.42. The van der Waals surface area contributed by atoms with E-state index in [0.29, 0.717) is 25.2 Å². The molecule has 0 saturated carbocycles. The van der Waals surface area contributed by atoms with Gasteiger partial charge in [-0.05, 0) is 58.2 Å². The van der Waals surface area contributed by atoms with E-state index in [4.69, 9.17) is 0 Å². The van der Waals surface area contributed by atoms with Crippen LogP contribution in [0.5, 0.6) is 0 Å². The van der Waals surface area contributed by atoms with Crippen LogP contribution in [-0.2, 0) is 6.54 Å². The molecule has 0 unspecified atom stereocenters. The molecule has 0 aromatic heterocycles. The van der Waals surface area contributed by atoms with Gasteiger partial charge in [0.25, 0.3) is 0 Å². The lowest BCUT2D eigenvalue weighted by Gasteiger charge is -2.25. The molecule has 1 aromatic rings. The fourth-order valence-corrected chi connectivity index (χ4v) is 2.30. The molecule has 1 N–H and O–H groups in total. The molecule has 0 fully saturated rings. The highest BCUT2D eigenvalue weighted by molar-refractivity contribution is 5.50. The SMILES string of the molecule is CCNCc1cc(F)c(N(CC)CCCN(C)C)c(F)c1. The molecular weight excluding hydrogens is 272 g/mol. The molecule has 0 atom stereocenters. The highest BCUT2D eigenvalue weighted by Crippen LogP contribution is 2.25. The van der Waals surface area contributed by atoms with Gasteiger partial charge in [-0.15, -0.1) is 0 Å². The Hall–Kier alpha value is -1.20. The summed E-state index contributed by atoms with van der Waals surface area (Å²) in [6.45, 7) is 7.28. The molecule has 0 radical (unpaired) electrons. The summed E-state index contributed by atoms with van der Waals surface area (Å²) in [5, 5.41) is 3.08. The highest BCUT2D eigenvalue weighted by atomic mass is 19.1. The van der Waals surface area contributed by atoms with Crippen molar-refractivity contribution in [2.24, 2.45) is 0 Å². The average molecular weight is 299 g/mol. The lowest BCUT2D eigenvalue weighted by Crippen LogP contribution is -2.28. The predicted molar refractivity (Wildman–Crippen MR) is 84.8 cm³/mol. The second kappa shape index (κ2) is 8.95. The Balaban J connectivity index is 2.83. The molecule has 1 aromatic carbocycles. The number of anilines is 1. The number of nitrogens with one attached hydrogen (secondary N) is 1. The van der Waals surface area contributed by atoms with Gasteiger partial charge < -0.3 is 15.1 Å². The molecule has 120 valence electrons. The first kappa shape index (κ1) is 17.9. The zero-order chi connectivity index (χ0) is 15.8. The number of halogens is 2. The van der Waals surface area contributed by atoms with E-state index in [1.165, 1.54) is 12.1 Å². The van der Waals surface area contributed by atoms with E-state index in [0.717, 1.165) is 19.5 Å². The van der Waals surface area contributed by atoms with Gasteiger partial charge in [0.1, 0.15) is 17.3 Å². The number of nitrogens with zero attached hydrogens (tertiary/aromatic N) is 2. The Morgan fingerprint density at radius 3 is 2.14 bits per heavy atom. The van der Waals surface area contributed by atoms with Crippen molar-refractivity contribution >= 4 is 5.69 Å². The first-order chi connectivity index (χ1) is 9.99. The van der Waals surface area contributed by atoms with Gasteiger partial charge >= 0.3 is 0 Å². The Bertz CT molecular complexity index is 413. The summed E-state index contributed by atoms with van der Waals surface area (Å²) in [4.78, 5) is 3.84. The highest BCUT2D eigenvalue weighted by Gasteiger charge is 2.16. The molecule has 0 saturated heterocycles. The molecule has 0 spiro atoms. The van der Waals surface area contributed by atoms with Gasteiger partial charge in [-0.25, -0.2) is 8.78 Å². The van der Waals surface area contributed by atoms with Crippen LogP contribution in [0.4, 0.5) is 14.5 Å². The maximum atomic E-state index is 14.2. The quantitative estimate of drug-likeness (QED) is 0.756. The third kappa shape index (κ3) is 5.59. The molecular formula is C16H27F2N3.